The minimum absolute atomic E-state index is 0.130. The van der Waals surface area contributed by atoms with E-state index in [2.05, 4.69) is 28.4 Å². The topological polar surface area (TPSA) is 151 Å². The molecule has 0 unspecified atom stereocenters. The maximum absolute atomic E-state index is 12.5. The first-order valence-electron chi connectivity index (χ1n) is 8.79. The summed E-state index contributed by atoms with van der Waals surface area (Å²) < 4.78 is 55.2. The van der Waals surface area contributed by atoms with Gasteiger partial charge in [0, 0.05) is 0 Å². The third kappa shape index (κ3) is 15.5. The minimum atomic E-state index is -4.14. The molecule has 0 fully saturated rings. The van der Waals surface area contributed by atoms with Crippen LogP contribution in [0.3, 0.4) is 0 Å². The number of hydrogen-bond acceptors (Lipinski definition) is 13. The van der Waals surface area contributed by atoms with Crippen LogP contribution >= 0.6 is 7.82 Å². The predicted octanol–water partition coefficient (Wildman–Crippen LogP) is 2.66. The van der Waals surface area contributed by atoms with Crippen LogP contribution in [0.2, 0.25) is 0 Å². The zero-order chi connectivity index (χ0) is 22.0. The minimum Gasteiger partial charge on any atom is -0.435 e. The van der Waals surface area contributed by atoms with Crippen LogP contribution < -0.4 is 0 Å². The number of carbonyl (C=O) groups excluding carboxylic acids is 3. The molecule has 0 bridgehead atoms. The van der Waals surface area contributed by atoms with Crippen LogP contribution in [-0.4, -0.2) is 77.9 Å². The highest BCUT2D eigenvalue weighted by Gasteiger charge is 2.27. The fourth-order valence-electron chi connectivity index (χ4n) is 1.41. The second kappa shape index (κ2) is 16.8. The quantitative estimate of drug-likeness (QED) is 0.157. The molecule has 0 amide bonds. The third-order valence-electron chi connectivity index (χ3n) is 2.44. The Morgan fingerprint density at radius 1 is 0.517 bits per heavy atom. The first-order valence-corrected chi connectivity index (χ1v) is 10.2. The van der Waals surface area contributed by atoms with E-state index >= 15 is 0 Å². The average molecular weight is 446 g/mol. The normalized spacial score (nSPS) is 10.7. The predicted molar refractivity (Wildman–Crippen MR) is 94.4 cm³/mol. The Morgan fingerprint density at radius 2 is 0.793 bits per heavy atom. The molecule has 0 radical (unpaired) electrons. The van der Waals surface area contributed by atoms with Gasteiger partial charge in [0.1, 0.15) is 19.8 Å². The van der Waals surface area contributed by atoms with Crippen molar-refractivity contribution < 1.29 is 60.9 Å². The highest BCUT2D eigenvalue weighted by molar-refractivity contribution is 7.48. The van der Waals surface area contributed by atoms with Crippen molar-refractivity contribution in [1.82, 2.24) is 0 Å². The molecule has 170 valence electrons. The van der Waals surface area contributed by atoms with Crippen LogP contribution in [0.1, 0.15) is 20.8 Å². The standard InChI is InChI=1S/C15H27O13P/c1-4-20-13(16)23-7-10-26-29(19,27-11-8-24-14(17)21-5-2)28-12-9-25-15(18)22-6-3/h4-12H2,1-3H3. The summed E-state index contributed by atoms with van der Waals surface area (Å²) in [5.74, 6) is 0. The van der Waals surface area contributed by atoms with Crippen molar-refractivity contribution >= 4 is 26.3 Å². The van der Waals surface area contributed by atoms with Crippen molar-refractivity contribution in [3.8, 4) is 0 Å². The summed E-state index contributed by atoms with van der Waals surface area (Å²) >= 11 is 0. The SMILES string of the molecule is CCOC(=O)OCCOP(=O)(OCCOC(=O)OCC)OCCOC(=O)OCC. The largest absolute Gasteiger partial charge is 0.508 e. The molecule has 0 rings (SSSR count). The second-order valence-electron chi connectivity index (χ2n) is 4.54. The number of carbonyl (C=O) groups is 3. The maximum Gasteiger partial charge on any atom is 0.508 e. The molecule has 0 aromatic heterocycles. The van der Waals surface area contributed by atoms with Crippen LogP contribution in [0.15, 0.2) is 0 Å². The average Bonchev–Trinajstić information content (AvgIpc) is 2.67. The lowest BCUT2D eigenvalue weighted by molar-refractivity contribution is 0.0217. The van der Waals surface area contributed by atoms with E-state index in [1.807, 2.05) is 0 Å². The monoisotopic (exact) mass is 446 g/mol. The zero-order valence-electron chi connectivity index (χ0n) is 16.6. The summed E-state index contributed by atoms with van der Waals surface area (Å²) in [6, 6.07) is 0. The van der Waals surface area contributed by atoms with Crippen molar-refractivity contribution in [3.05, 3.63) is 0 Å². The molecular weight excluding hydrogens is 419 g/mol. The van der Waals surface area contributed by atoms with Crippen molar-refractivity contribution in [1.29, 1.82) is 0 Å². The maximum atomic E-state index is 12.5. The second-order valence-corrected chi connectivity index (χ2v) is 6.21. The molecule has 0 aromatic rings. The Hall–Kier alpha value is -2.08. The van der Waals surface area contributed by atoms with Crippen molar-refractivity contribution in [2.75, 3.05) is 59.5 Å². The van der Waals surface area contributed by atoms with Gasteiger partial charge in [-0.15, -0.1) is 0 Å². The molecule has 0 heterocycles. The van der Waals surface area contributed by atoms with Crippen LogP contribution in [-0.2, 0) is 46.6 Å². The molecule has 0 aliphatic carbocycles. The van der Waals surface area contributed by atoms with Gasteiger partial charge in [0.05, 0.1) is 39.6 Å². The number of phosphoric acid groups is 1. The Balaban J connectivity index is 4.40. The van der Waals surface area contributed by atoms with Crippen LogP contribution in [0.25, 0.3) is 0 Å². The molecule has 14 heteroatoms. The number of rotatable bonds is 15. The highest BCUT2D eigenvalue weighted by atomic mass is 31.2. The fraction of sp³-hybridized carbons (Fsp3) is 0.800. The number of ether oxygens (including phenoxy) is 6. The van der Waals surface area contributed by atoms with Crippen molar-refractivity contribution in [3.63, 3.8) is 0 Å². The zero-order valence-corrected chi connectivity index (χ0v) is 17.5. The molecule has 29 heavy (non-hydrogen) atoms. The molecule has 0 atom stereocenters. The lowest BCUT2D eigenvalue weighted by Gasteiger charge is -2.18. The summed E-state index contributed by atoms with van der Waals surface area (Å²) in [6.45, 7) is 3.33. The number of hydrogen-bond donors (Lipinski definition) is 0. The van der Waals surface area contributed by atoms with Crippen LogP contribution in [0.4, 0.5) is 14.4 Å². The van der Waals surface area contributed by atoms with E-state index in [9.17, 15) is 18.9 Å². The lowest BCUT2D eigenvalue weighted by Crippen LogP contribution is -2.16. The van der Waals surface area contributed by atoms with Gasteiger partial charge in [-0.1, -0.05) is 0 Å². The molecule has 0 spiro atoms. The Morgan fingerprint density at radius 3 is 1.03 bits per heavy atom. The van der Waals surface area contributed by atoms with Gasteiger partial charge >= 0.3 is 26.3 Å². The van der Waals surface area contributed by atoms with Gasteiger partial charge in [0.15, 0.2) is 0 Å². The molecule has 13 nitrogen and oxygen atoms in total. The van der Waals surface area contributed by atoms with Gasteiger partial charge < -0.3 is 28.4 Å². The van der Waals surface area contributed by atoms with Gasteiger partial charge in [0.25, 0.3) is 0 Å². The highest BCUT2D eigenvalue weighted by Crippen LogP contribution is 2.49. The molecule has 0 aromatic carbocycles. The fourth-order valence-corrected chi connectivity index (χ4v) is 2.53. The Labute approximate surface area is 168 Å². The van der Waals surface area contributed by atoms with Gasteiger partial charge in [-0.05, 0) is 20.8 Å². The molecular formula is C15H27O13P. The molecule has 0 aliphatic heterocycles. The van der Waals surface area contributed by atoms with Crippen molar-refractivity contribution in [2.24, 2.45) is 0 Å². The molecule has 0 aliphatic rings. The van der Waals surface area contributed by atoms with E-state index < -0.39 is 26.3 Å². The summed E-state index contributed by atoms with van der Waals surface area (Å²) in [5.41, 5.74) is 0. The molecule has 0 N–H and O–H groups in total. The van der Waals surface area contributed by atoms with Gasteiger partial charge in [-0.3, -0.25) is 13.6 Å². The number of phosphoric ester groups is 1. The Kier molecular flexibility index (Phi) is 15.6. The summed E-state index contributed by atoms with van der Waals surface area (Å²) in [6.07, 6.45) is -2.75. The molecule has 0 saturated heterocycles. The Bertz CT molecular complexity index is 453. The smallest absolute Gasteiger partial charge is 0.435 e. The van der Waals surface area contributed by atoms with Crippen molar-refractivity contribution in [2.45, 2.75) is 20.8 Å². The van der Waals surface area contributed by atoms with E-state index in [1.54, 1.807) is 20.8 Å². The summed E-state index contributed by atoms with van der Waals surface area (Å²) in [4.78, 5) is 33.2. The third-order valence-corrected chi connectivity index (χ3v) is 3.94. The first-order chi connectivity index (χ1) is 13.9. The van der Waals surface area contributed by atoms with E-state index in [1.165, 1.54) is 0 Å². The van der Waals surface area contributed by atoms with E-state index in [-0.39, 0.29) is 59.5 Å². The molecule has 0 saturated carbocycles. The van der Waals surface area contributed by atoms with Crippen LogP contribution in [0, 0.1) is 0 Å². The van der Waals surface area contributed by atoms with Crippen LogP contribution in [0.5, 0.6) is 0 Å². The summed E-state index contributed by atoms with van der Waals surface area (Å²) in [7, 11) is -4.14. The van der Waals surface area contributed by atoms with E-state index in [0.29, 0.717) is 0 Å². The van der Waals surface area contributed by atoms with E-state index in [4.69, 9.17) is 13.6 Å². The van der Waals surface area contributed by atoms with E-state index in [0.717, 1.165) is 0 Å². The lowest BCUT2D eigenvalue weighted by atomic mass is 10.8. The first kappa shape index (κ1) is 26.9. The van der Waals surface area contributed by atoms with Gasteiger partial charge in [-0.2, -0.15) is 0 Å². The van der Waals surface area contributed by atoms with Gasteiger partial charge in [-0.25, -0.2) is 18.9 Å². The summed E-state index contributed by atoms with van der Waals surface area (Å²) in [5, 5.41) is 0. The van der Waals surface area contributed by atoms with Gasteiger partial charge in [0.2, 0.25) is 0 Å².